The smallest absolute Gasteiger partial charge is 0.261 e. The monoisotopic (exact) mass is 438 g/mol. The van der Waals surface area contributed by atoms with Crippen molar-refractivity contribution in [2.45, 2.75) is 18.2 Å². The van der Waals surface area contributed by atoms with Crippen molar-refractivity contribution in [3.05, 3.63) is 77.9 Å². The van der Waals surface area contributed by atoms with E-state index in [1.807, 2.05) is 6.92 Å². The number of anilines is 2. The minimum absolute atomic E-state index is 0.153. The van der Waals surface area contributed by atoms with E-state index >= 15 is 0 Å². The highest BCUT2D eigenvalue weighted by molar-refractivity contribution is 7.92. The first-order valence-corrected chi connectivity index (χ1v) is 11.3. The first kappa shape index (κ1) is 20.7. The molecule has 1 amide bonds. The highest BCUT2D eigenvalue weighted by Gasteiger charge is 2.16. The average molecular weight is 439 g/mol. The second kappa shape index (κ2) is 8.69. The Balaban J connectivity index is 1.49. The lowest BCUT2D eigenvalue weighted by molar-refractivity contribution is 0.102. The average Bonchev–Trinajstić information content (AvgIpc) is 2.99. The van der Waals surface area contributed by atoms with E-state index in [0.29, 0.717) is 41.7 Å². The number of carbonyl (C=O) groups is 1. The van der Waals surface area contributed by atoms with Gasteiger partial charge in [0.05, 0.1) is 18.1 Å². The molecule has 1 aliphatic rings. The minimum Gasteiger partial charge on any atom is -0.490 e. The maximum Gasteiger partial charge on any atom is 0.261 e. The van der Waals surface area contributed by atoms with Gasteiger partial charge in [0, 0.05) is 29.4 Å². The summed E-state index contributed by atoms with van der Waals surface area (Å²) < 4.78 is 39.0. The summed E-state index contributed by atoms with van der Waals surface area (Å²) in [5.41, 5.74) is 2.13. The number of nitrogens with one attached hydrogen (secondary N) is 2. The van der Waals surface area contributed by atoms with Crippen molar-refractivity contribution in [2.75, 3.05) is 23.3 Å². The highest BCUT2D eigenvalue weighted by Crippen LogP contribution is 2.32. The summed E-state index contributed by atoms with van der Waals surface area (Å²) in [6.45, 7) is 3.02. The van der Waals surface area contributed by atoms with E-state index < -0.39 is 10.0 Å². The molecule has 0 saturated carbocycles. The van der Waals surface area contributed by atoms with E-state index in [-0.39, 0.29) is 10.8 Å². The van der Waals surface area contributed by atoms with Crippen LogP contribution in [0.25, 0.3) is 0 Å². The van der Waals surface area contributed by atoms with Crippen LogP contribution in [0, 0.1) is 6.92 Å². The molecule has 31 heavy (non-hydrogen) atoms. The Bertz CT molecular complexity index is 1210. The van der Waals surface area contributed by atoms with E-state index in [1.165, 1.54) is 6.07 Å². The van der Waals surface area contributed by atoms with Crippen LogP contribution in [0.15, 0.2) is 71.6 Å². The van der Waals surface area contributed by atoms with Crippen LogP contribution in [-0.2, 0) is 10.0 Å². The van der Waals surface area contributed by atoms with Crippen molar-refractivity contribution in [3.8, 4) is 11.5 Å². The Labute approximate surface area is 181 Å². The number of ether oxygens (including phenoxy) is 2. The third kappa shape index (κ3) is 4.97. The van der Waals surface area contributed by atoms with Crippen LogP contribution in [0.1, 0.15) is 22.3 Å². The van der Waals surface area contributed by atoms with Gasteiger partial charge in [-0.15, -0.1) is 0 Å². The van der Waals surface area contributed by atoms with Crippen molar-refractivity contribution in [1.82, 2.24) is 0 Å². The molecule has 0 saturated heterocycles. The molecule has 0 fully saturated rings. The van der Waals surface area contributed by atoms with E-state index in [1.54, 1.807) is 60.7 Å². The van der Waals surface area contributed by atoms with Gasteiger partial charge in [-0.3, -0.25) is 9.52 Å². The molecule has 0 atom stereocenters. The molecular weight excluding hydrogens is 416 g/mol. The number of carbonyl (C=O) groups excluding carboxylic acids is 1. The fourth-order valence-corrected chi connectivity index (χ4v) is 4.15. The van der Waals surface area contributed by atoms with E-state index in [9.17, 15) is 13.2 Å². The Hall–Kier alpha value is -3.52. The van der Waals surface area contributed by atoms with Gasteiger partial charge < -0.3 is 14.8 Å². The third-order valence-corrected chi connectivity index (χ3v) is 6.11. The number of fused-ring (bicyclic) bond motifs is 1. The second-order valence-corrected chi connectivity index (χ2v) is 8.85. The van der Waals surface area contributed by atoms with Gasteiger partial charge in [-0.1, -0.05) is 23.8 Å². The molecule has 0 bridgehead atoms. The second-order valence-electron chi connectivity index (χ2n) is 7.17. The Morgan fingerprint density at radius 3 is 2.39 bits per heavy atom. The molecule has 0 spiro atoms. The predicted octanol–water partition coefficient (Wildman–Crippen LogP) is 4.21. The summed E-state index contributed by atoms with van der Waals surface area (Å²) in [5.74, 6) is 0.851. The molecule has 4 rings (SSSR count). The summed E-state index contributed by atoms with van der Waals surface area (Å²) in [5, 5.41) is 2.80. The van der Waals surface area contributed by atoms with Crippen molar-refractivity contribution in [1.29, 1.82) is 0 Å². The number of rotatable bonds is 5. The van der Waals surface area contributed by atoms with Gasteiger partial charge in [0.1, 0.15) is 0 Å². The molecule has 0 aliphatic carbocycles. The van der Waals surface area contributed by atoms with Crippen LogP contribution < -0.4 is 19.5 Å². The van der Waals surface area contributed by atoms with Gasteiger partial charge in [-0.05, 0) is 49.4 Å². The van der Waals surface area contributed by atoms with Crippen molar-refractivity contribution in [3.63, 3.8) is 0 Å². The van der Waals surface area contributed by atoms with E-state index in [4.69, 9.17) is 9.47 Å². The van der Waals surface area contributed by atoms with Crippen molar-refractivity contribution >= 4 is 27.3 Å². The normalized spacial score (nSPS) is 13.2. The molecule has 1 aliphatic heterocycles. The van der Waals surface area contributed by atoms with E-state index in [2.05, 4.69) is 10.0 Å². The van der Waals surface area contributed by atoms with Crippen LogP contribution in [-0.4, -0.2) is 27.5 Å². The summed E-state index contributed by atoms with van der Waals surface area (Å²) in [4.78, 5) is 12.9. The minimum atomic E-state index is -3.76. The fraction of sp³-hybridized carbons (Fsp3) is 0.174. The summed E-state index contributed by atoms with van der Waals surface area (Å²) in [6.07, 6.45) is 0.793. The van der Waals surface area contributed by atoms with Gasteiger partial charge in [-0.2, -0.15) is 0 Å². The molecule has 3 aromatic rings. The lowest BCUT2D eigenvalue weighted by atomic mass is 10.2. The zero-order valence-electron chi connectivity index (χ0n) is 16.9. The molecule has 1 heterocycles. The summed E-state index contributed by atoms with van der Waals surface area (Å²) >= 11 is 0. The third-order valence-electron chi connectivity index (χ3n) is 4.71. The van der Waals surface area contributed by atoms with Crippen LogP contribution >= 0.6 is 0 Å². The number of hydrogen-bond acceptors (Lipinski definition) is 5. The molecule has 3 aromatic carbocycles. The summed E-state index contributed by atoms with van der Waals surface area (Å²) in [6, 6.07) is 18.1. The molecule has 0 aromatic heterocycles. The van der Waals surface area contributed by atoms with Gasteiger partial charge in [0.25, 0.3) is 15.9 Å². The van der Waals surface area contributed by atoms with Crippen molar-refractivity contribution < 1.29 is 22.7 Å². The van der Waals surface area contributed by atoms with Crippen LogP contribution in [0.2, 0.25) is 0 Å². The molecule has 2 N–H and O–H groups in total. The number of amides is 1. The molecule has 8 heteroatoms. The van der Waals surface area contributed by atoms with Crippen LogP contribution in [0.4, 0.5) is 11.4 Å². The largest absolute Gasteiger partial charge is 0.490 e. The first-order valence-electron chi connectivity index (χ1n) is 9.81. The number of hydrogen-bond donors (Lipinski definition) is 2. The number of aryl methyl sites for hydroxylation is 1. The molecular formula is C23H22N2O5S. The van der Waals surface area contributed by atoms with Gasteiger partial charge in [-0.25, -0.2) is 8.42 Å². The van der Waals surface area contributed by atoms with Crippen molar-refractivity contribution in [2.24, 2.45) is 0 Å². The maximum atomic E-state index is 12.7. The molecule has 160 valence electrons. The topological polar surface area (TPSA) is 93.7 Å². The predicted molar refractivity (Wildman–Crippen MR) is 118 cm³/mol. The fourth-order valence-electron chi connectivity index (χ4n) is 3.10. The Morgan fingerprint density at radius 1 is 0.871 bits per heavy atom. The number of benzene rings is 3. The standard InChI is InChI=1S/C23H22N2O5S/c1-16-6-9-20(10-7-16)31(27,28)25-19-5-2-4-17(14-19)23(26)24-18-8-11-21-22(15-18)30-13-3-12-29-21/h2,4-11,14-15,25H,3,12-13H2,1H3,(H,24,26). The first-order chi connectivity index (χ1) is 14.9. The maximum absolute atomic E-state index is 12.7. The lowest BCUT2D eigenvalue weighted by Crippen LogP contribution is -2.15. The summed E-state index contributed by atoms with van der Waals surface area (Å²) in [7, 11) is -3.76. The van der Waals surface area contributed by atoms with Gasteiger partial charge in [0.15, 0.2) is 11.5 Å². The molecule has 0 unspecified atom stereocenters. The zero-order chi connectivity index (χ0) is 21.8. The number of sulfonamides is 1. The lowest BCUT2D eigenvalue weighted by Gasteiger charge is -2.12. The Kier molecular flexibility index (Phi) is 5.81. The van der Waals surface area contributed by atoms with Gasteiger partial charge in [0.2, 0.25) is 0 Å². The quantitative estimate of drug-likeness (QED) is 0.622. The van der Waals surface area contributed by atoms with E-state index in [0.717, 1.165) is 12.0 Å². The van der Waals surface area contributed by atoms with Crippen LogP contribution in [0.3, 0.4) is 0 Å². The molecule has 0 radical (unpaired) electrons. The SMILES string of the molecule is Cc1ccc(S(=O)(=O)Nc2cccc(C(=O)Nc3ccc4c(c3)OCCCO4)c2)cc1. The Morgan fingerprint density at radius 2 is 1.61 bits per heavy atom. The highest BCUT2D eigenvalue weighted by atomic mass is 32.2. The van der Waals surface area contributed by atoms with Crippen LogP contribution in [0.5, 0.6) is 11.5 Å². The van der Waals surface area contributed by atoms with Gasteiger partial charge >= 0.3 is 0 Å². The molecule has 7 nitrogen and oxygen atoms in total. The zero-order valence-corrected chi connectivity index (χ0v) is 17.7.